The number of aromatic nitrogens is 2. The molecule has 7 heteroatoms. The Morgan fingerprint density at radius 3 is 2.80 bits per heavy atom. The largest absolute Gasteiger partial charge is 0.310 e. The quantitative estimate of drug-likeness (QED) is 0.654. The minimum absolute atomic E-state index is 0.0319. The number of carbonyl (C=O) groups excluding carboxylic acids is 2. The second-order valence-corrected chi connectivity index (χ2v) is 8.04. The van der Waals surface area contributed by atoms with Crippen molar-refractivity contribution >= 4 is 34.9 Å². The van der Waals surface area contributed by atoms with Crippen LogP contribution in [0.3, 0.4) is 0 Å². The highest BCUT2D eigenvalue weighted by molar-refractivity contribution is 6.30. The summed E-state index contributed by atoms with van der Waals surface area (Å²) in [6, 6.07) is 13.0. The molecular weight excluding hydrogens is 400 g/mol. The number of hydrogen-bond acceptors (Lipinski definition) is 3. The van der Waals surface area contributed by atoms with Crippen molar-refractivity contribution in [3.8, 4) is 5.69 Å². The number of para-hydroxylation sites is 1. The van der Waals surface area contributed by atoms with Crippen molar-refractivity contribution < 1.29 is 9.59 Å². The van der Waals surface area contributed by atoms with Gasteiger partial charge in [0.25, 0.3) is 0 Å². The van der Waals surface area contributed by atoms with Crippen LogP contribution in [0.1, 0.15) is 23.1 Å². The van der Waals surface area contributed by atoms with Crippen molar-refractivity contribution in [1.29, 1.82) is 0 Å². The van der Waals surface area contributed by atoms with E-state index in [0.717, 1.165) is 16.8 Å². The van der Waals surface area contributed by atoms with E-state index >= 15 is 0 Å². The Morgan fingerprint density at radius 2 is 2.03 bits per heavy atom. The lowest BCUT2D eigenvalue weighted by atomic mass is 9.71. The third-order valence-electron chi connectivity index (χ3n) is 5.85. The Kier molecular flexibility index (Phi) is 4.08. The summed E-state index contributed by atoms with van der Waals surface area (Å²) in [6.07, 6.45) is 3.41. The van der Waals surface area contributed by atoms with Crippen LogP contribution in [0.5, 0.6) is 0 Å². The van der Waals surface area contributed by atoms with Crippen LogP contribution in [0, 0.1) is 6.92 Å². The fraction of sp³-hybridized carbons (Fsp3) is 0.174. The summed E-state index contributed by atoms with van der Waals surface area (Å²) in [5.41, 5.74) is 2.94. The smallest absolute Gasteiger partial charge is 0.243 e. The van der Waals surface area contributed by atoms with Crippen LogP contribution >= 0.6 is 11.6 Å². The first-order valence-electron chi connectivity index (χ1n) is 9.64. The van der Waals surface area contributed by atoms with Crippen LogP contribution in [0.4, 0.5) is 11.5 Å². The van der Waals surface area contributed by atoms with Gasteiger partial charge in [-0.25, -0.2) is 4.68 Å². The fourth-order valence-electron chi connectivity index (χ4n) is 4.64. The Balaban J connectivity index is 1.78. The van der Waals surface area contributed by atoms with Gasteiger partial charge in [-0.1, -0.05) is 41.9 Å². The van der Waals surface area contributed by atoms with E-state index in [9.17, 15) is 9.59 Å². The number of nitrogens with one attached hydrogen (secondary N) is 1. The standard InChI is InChI=1S/C23H19ClN4O2/c1-3-10-27-20-14(2)6-4-9-17(20)23(22(27)30)12-19(29)26-21-18(23)13-25-28(21)16-8-5-7-15(24)11-16/h3-9,11,13H,1,10,12H2,2H3,(H,26,29)/t23-/m1/s1. The number of anilines is 2. The van der Waals surface area contributed by atoms with Gasteiger partial charge in [-0.15, -0.1) is 6.58 Å². The lowest BCUT2D eigenvalue weighted by Crippen LogP contribution is -2.46. The molecule has 1 spiro atoms. The van der Waals surface area contributed by atoms with E-state index in [1.165, 1.54) is 0 Å². The maximum Gasteiger partial charge on any atom is 0.243 e. The number of aryl methyl sites for hydroxylation is 1. The average Bonchev–Trinajstić information content (AvgIpc) is 3.23. The maximum absolute atomic E-state index is 13.8. The number of benzene rings is 2. The van der Waals surface area contributed by atoms with Crippen molar-refractivity contribution in [3.05, 3.63) is 83.0 Å². The van der Waals surface area contributed by atoms with Gasteiger partial charge in [0.05, 0.1) is 17.6 Å². The van der Waals surface area contributed by atoms with E-state index in [2.05, 4.69) is 17.0 Å². The highest BCUT2D eigenvalue weighted by Gasteiger charge is 2.57. The zero-order chi connectivity index (χ0) is 21.0. The molecular formula is C23H19ClN4O2. The van der Waals surface area contributed by atoms with Gasteiger partial charge in [-0.05, 0) is 36.2 Å². The number of carbonyl (C=O) groups is 2. The van der Waals surface area contributed by atoms with Crippen LogP contribution in [0.25, 0.3) is 5.69 Å². The molecule has 0 aliphatic carbocycles. The van der Waals surface area contributed by atoms with Gasteiger partial charge in [-0.3, -0.25) is 9.59 Å². The lowest BCUT2D eigenvalue weighted by molar-refractivity contribution is -0.126. The predicted molar refractivity (Wildman–Crippen MR) is 116 cm³/mol. The van der Waals surface area contributed by atoms with Crippen molar-refractivity contribution in [2.24, 2.45) is 0 Å². The van der Waals surface area contributed by atoms with Crippen molar-refractivity contribution in [1.82, 2.24) is 9.78 Å². The van der Waals surface area contributed by atoms with Gasteiger partial charge >= 0.3 is 0 Å². The van der Waals surface area contributed by atoms with E-state index < -0.39 is 5.41 Å². The van der Waals surface area contributed by atoms with Crippen LogP contribution < -0.4 is 10.2 Å². The summed E-state index contributed by atoms with van der Waals surface area (Å²) >= 11 is 6.16. The zero-order valence-corrected chi connectivity index (χ0v) is 17.1. The Morgan fingerprint density at radius 1 is 1.23 bits per heavy atom. The van der Waals surface area contributed by atoms with E-state index in [0.29, 0.717) is 28.6 Å². The van der Waals surface area contributed by atoms with Crippen molar-refractivity contribution in [2.45, 2.75) is 18.8 Å². The second-order valence-electron chi connectivity index (χ2n) is 7.60. The molecule has 0 bridgehead atoms. The molecule has 5 rings (SSSR count). The molecule has 0 fully saturated rings. The van der Waals surface area contributed by atoms with Crippen molar-refractivity contribution in [2.75, 3.05) is 16.8 Å². The van der Waals surface area contributed by atoms with Gasteiger partial charge in [-0.2, -0.15) is 5.10 Å². The number of nitrogens with zero attached hydrogens (tertiary/aromatic N) is 3. The van der Waals surface area contributed by atoms with E-state index in [1.807, 2.05) is 37.3 Å². The molecule has 0 saturated heterocycles. The molecule has 0 radical (unpaired) electrons. The number of halogens is 1. The Bertz CT molecular complexity index is 1230. The molecule has 3 aromatic rings. The number of rotatable bonds is 3. The summed E-state index contributed by atoms with van der Waals surface area (Å²) in [7, 11) is 0. The zero-order valence-electron chi connectivity index (χ0n) is 16.4. The third kappa shape index (κ3) is 2.40. The first-order valence-corrected chi connectivity index (χ1v) is 10.0. The Labute approximate surface area is 178 Å². The molecule has 2 aliphatic rings. The molecule has 30 heavy (non-hydrogen) atoms. The molecule has 150 valence electrons. The molecule has 0 saturated carbocycles. The van der Waals surface area contributed by atoms with Gasteiger partial charge in [0.1, 0.15) is 11.2 Å². The van der Waals surface area contributed by atoms with Gasteiger partial charge in [0, 0.05) is 23.6 Å². The highest BCUT2D eigenvalue weighted by atomic mass is 35.5. The van der Waals surface area contributed by atoms with E-state index in [-0.39, 0.29) is 18.2 Å². The molecule has 0 unspecified atom stereocenters. The fourth-order valence-corrected chi connectivity index (χ4v) is 4.82. The van der Waals surface area contributed by atoms with Gasteiger partial charge in [0.2, 0.25) is 11.8 Å². The molecule has 6 nitrogen and oxygen atoms in total. The normalized spacial score (nSPS) is 19.6. The predicted octanol–water partition coefficient (Wildman–Crippen LogP) is 4.00. The number of amides is 2. The van der Waals surface area contributed by atoms with E-state index in [4.69, 9.17) is 11.6 Å². The molecule has 2 aliphatic heterocycles. The van der Waals surface area contributed by atoms with Crippen LogP contribution in [0.2, 0.25) is 5.02 Å². The molecule has 2 aromatic carbocycles. The summed E-state index contributed by atoms with van der Waals surface area (Å²) in [5.74, 6) is 0.135. The minimum Gasteiger partial charge on any atom is -0.310 e. The monoisotopic (exact) mass is 418 g/mol. The lowest BCUT2D eigenvalue weighted by Gasteiger charge is -2.32. The number of hydrogen-bond donors (Lipinski definition) is 1. The highest BCUT2D eigenvalue weighted by Crippen LogP contribution is 2.53. The number of fused-ring (bicyclic) bond motifs is 4. The summed E-state index contributed by atoms with van der Waals surface area (Å²) < 4.78 is 1.62. The third-order valence-corrected chi connectivity index (χ3v) is 6.09. The summed E-state index contributed by atoms with van der Waals surface area (Å²) in [5, 5.41) is 7.99. The van der Waals surface area contributed by atoms with Crippen LogP contribution in [0.15, 0.2) is 61.3 Å². The average molecular weight is 419 g/mol. The first-order chi connectivity index (χ1) is 14.5. The maximum atomic E-state index is 13.8. The molecule has 1 N–H and O–H groups in total. The van der Waals surface area contributed by atoms with Crippen LogP contribution in [-0.2, 0) is 15.0 Å². The molecule has 1 atom stereocenters. The van der Waals surface area contributed by atoms with Crippen LogP contribution in [-0.4, -0.2) is 28.1 Å². The van der Waals surface area contributed by atoms with Crippen molar-refractivity contribution in [3.63, 3.8) is 0 Å². The summed E-state index contributed by atoms with van der Waals surface area (Å²) in [4.78, 5) is 28.4. The SMILES string of the molecule is C=CCN1C(=O)[C@]2(CC(=O)Nc3c2cnn3-c2cccc(Cl)c2)c2cccc(C)c21. The topological polar surface area (TPSA) is 67.2 Å². The summed E-state index contributed by atoms with van der Waals surface area (Å²) in [6.45, 7) is 6.15. The molecule has 3 heterocycles. The molecule has 2 amide bonds. The Hall–Kier alpha value is -3.38. The van der Waals surface area contributed by atoms with Gasteiger partial charge < -0.3 is 10.2 Å². The molecule has 1 aromatic heterocycles. The van der Waals surface area contributed by atoms with Gasteiger partial charge in [0.15, 0.2) is 0 Å². The first kappa shape index (κ1) is 18.6. The van der Waals surface area contributed by atoms with E-state index in [1.54, 1.807) is 34.0 Å². The minimum atomic E-state index is -1.11. The second kappa shape index (κ2) is 6.57.